The van der Waals surface area contributed by atoms with Crippen LogP contribution in [0.4, 0.5) is 0 Å². The fraction of sp³-hybridized carbons (Fsp3) is 0.909. The molecular formula is C55H110N2O6P+. The normalized spacial score (nSPS) is 14.2. The van der Waals surface area contributed by atoms with E-state index in [0.29, 0.717) is 23.9 Å². The van der Waals surface area contributed by atoms with Crippen LogP contribution < -0.4 is 5.32 Å². The lowest BCUT2D eigenvalue weighted by molar-refractivity contribution is -0.870. The first kappa shape index (κ1) is 63.0. The van der Waals surface area contributed by atoms with Crippen LogP contribution in [0.3, 0.4) is 0 Å². The number of carbonyl (C=O) groups is 1. The van der Waals surface area contributed by atoms with Crippen molar-refractivity contribution in [3.8, 4) is 0 Å². The number of hydrogen-bond donors (Lipinski definition) is 3. The third-order valence-corrected chi connectivity index (χ3v) is 13.7. The molecule has 0 saturated heterocycles. The van der Waals surface area contributed by atoms with E-state index < -0.39 is 20.0 Å². The number of phosphoric acid groups is 1. The molecule has 0 aromatic carbocycles. The first-order chi connectivity index (χ1) is 31.0. The van der Waals surface area contributed by atoms with Crippen molar-refractivity contribution >= 4 is 13.7 Å². The summed E-state index contributed by atoms with van der Waals surface area (Å²) in [6.45, 7) is 4.87. The maximum absolute atomic E-state index is 12.9. The van der Waals surface area contributed by atoms with Gasteiger partial charge in [-0.05, 0) is 44.9 Å². The lowest BCUT2D eigenvalue weighted by Crippen LogP contribution is -2.46. The molecule has 0 aliphatic carbocycles. The lowest BCUT2D eigenvalue weighted by Gasteiger charge is -2.26. The summed E-state index contributed by atoms with van der Waals surface area (Å²) >= 11 is 0. The van der Waals surface area contributed by atoms with Crippen LogP contribution in [0.1, 0.15) is 271 Å². The summed E-state index contributed by atoms with van der Waals surface area (Å²) in [5, 5.41) is 13.9. The molecule has 0 heterocycles. The van der Waals surface area contributed by atoms with Gasteiger partial charge in [-0.3, -0.25) is 13.8 Å². The van der Waals surface area contributed by atoms with Crippen molar-refractivity contribution in [1.82, 2.24) is 5.32 Å². The quantitative estimate of drug-likeness (QED) is 0.0243. The molecule has 0 rings (SSSR count). The second-order valence-corrected chi connectivity index (χ2v) is 21.8. The summed E-state index contributed by atoms with van der Waals surface area (Å²) in [6, 6.07) is -0.755. The van der Waals surface area contributed by atoms with Crippen molar-refractivity contribution in [2.24, 2.45) is 0 Å². The highest BCUT2D eigenvalue weighted by molar-refractivity contribution is 7.47. The van der Waals surface area contributed by atoms with E-state index in [1.807, 2.05) is 21.1 Å². The van der Waals surface area contributed by atoms with E-state index in [9.17, 15) is 19.4 Å². The fourth-order valence-electron chi connectivity index (χ4n) is 8.31. The monoisotopic (exact) mass is 926 g/mol. The van der Waals surface area contributed by atoms with Crippen molar-refractivity contribution in [1.29, 1.82) is 0 Å². The number of allylic oxidation sites excluding steroid dienone is 4. The van der Waals surface area contributed by atoms with Gasteiger partial charge in [0.1, 0.15) is 13.2 Å². The van der Waals surface area contributed by atoms with Gasteiger partial charge in [-0.1, -0.05) is 244 Å². The molecule has 3 N–H and O–H groups in total. The molecule has 9 heteroatoms. The van der Waals surface area contributed by atoms with Gasteiger partial charge in [0.2, 0.25) is 5.91 Å². The van der Waals surface area contributed by atoms with E-state index in [1.54, 1.807) is 0 Å². The summed E-state index contributed by atoms with van der Waals surface area (Å²) in [5.41, 5.74) is 0. The van der Waals surface area contributed by atoms with Crippen molar-refractivity contribution in [3.05, 3.63) is 24.3 Å². The summed E-state index contributed by atoms with van der Waals surface area (Å²) in [6.07, 6.45) is 58.3. The lowest BCUT2D eigenvalue weighted by atomic mass is 10.0. The maximum atomic E-state index is 12.9. The van der Waals surface area contributed by atoms with Gasteiger partial charge in [-0.25, -0.2) is 4.57 Å². The molecular weight excluding hydrogens is 816 g/mol. The largest absolute Gasteiger partial charge is 0.472 e. The Labute approximate surface area is 398 Å². The second-order valence-electron chi connectivity index (χ2n) is 20.3. The number of unbranched alkanes of at least 4 members (excludes halogenated alkanes) is 34. The number of phosphoric ester groups is 1. The standard InChI is InChI=1S/C55H109N2O6P/c1-6-8-10-12-14-16-17-18-19-20-21-22-23-24-25-26-27-28-29-30-31-32-33-34-35-36-37-38-39-41-43-45-47-49-55(59)56-53(52-63-64(60,61)62-51-50-57(3,4)5)54(58)48-46-44-42-40-15-13-11-9-7-2/h17-18,20-21,53-54,58H,6-16,19,22-52H2,1-5H3,(H-,56,59,60,61)/p+1/b18-17-,21-20-. The molecule has 1 amide bonds. The first-order valence-electron chi connectivity index (χ1n) is 27.7. The highest BCUT2D eigenvalue weighted by atomic mass is 31.2. The SMILES string of the molecule is CCCCCCC/C=C\C/C=C\CCCCCCCCCCCCCCCCCCCCCCCC(=O)NC(COP(=O)(O)OCC[N+](C)(C)C)C(O)CCCCCCCCCCC. The van der Waals surface area contributed by atoms with Crippen LogP contribution >= 0.6 is 7.82 Å². The number of nitrogens with one attached hydrogen (secondary N) is 1. The molecule has 0 fully saturated rings. The van der Waals surface area contributed by atoms with Crippen molar-refractivity contribution in [2.45, 2.75) is 283 Å². The molecule has 380 valence electrons. The summed E-state index contributed by atoms with van der Waals surface area (Å²) in [5.74, 6) is -0.142. The summed E-state index contributed by atoms with van der Waals surface area (Å²) in [4.78, 5) is 23.2. The molecule has 8 nitrogen and oxygen atoms in total. The minimum Gasteiger partial charge on any atom is -0.391 e. The maximum Gasteiger partial charge on any atom is 0.472 e. The van der Waals surface area contributed by atoms with Gasteiger partial charge in [0.05, 0.1) is 39.9 Å². The Morgan fingerprint density at radius 2 is 0.891 bits per heavy atom. The van der Waals surface area contributed by atoms with Crippen LogP contribution in [-0.2, 0) is 18.4 Å². The van der Waals surface area contributed by atoms with Crippen LogP contribution in [0, 0.1) is 0 Å². The number of hydrogen-bond acceptors (Lipinski definition) is 5. The van der Waals surface area contributed by atoms with Crippen molar-refractivity contribution in [3.63, 3.8) is 0 Å². The molecule has 64 heavy (non-hydrogen) atoms. The zero-order chi connectivity index (χ0) is 47.1. The number of nitrogens with zero attached hydrogens (tertiary/aromatic N) is 1. The third-order valence-electron chi connectivity index (χ3n) is 12.7. The Hall–Kier alpha value is -1.02. The van der Waals surface area contributed by atoms with E-state index >= 15 is 0 Å². The zero-order valence-corrected chi connectivity index (χ0v) is 44.2. The van der Waals surface area contributed by atoms with E-state index in [2.05, 4.69) is 43.5 Å². The van der Waals surface area contributed by atoms with Gasteiger partial charge >= 0.3 is 7.82 Å². The molecule has 3 atom stereocenters. The zero-order valence-electron chi connectivity index (χ0n) is 43.3. The molecule has 0 aliphatic rings. The molecule has 0 bridgehead atoms. The number of aliphatic hydroxyl groups excluding tert-OH is 1. The smallest absolute Gasteiger partial charge is 0.391 e. The Kier molecular flexibility index (Phi) is 46.3. The fourth-order valence-corrected chi connectivity index (χ4v) is 9.05. The third kappa shape index (κ3) is 48.9. The summed E-state index contributed by atoms with van der Waals surface area (Å²) < 4.78 is 23.6. The number of likely N-dealkylation sites (N-methyl/N-ethyl adjacent to an activating group) is 1. The molecule has 0 radical (unpaired) electrons. The van der Waals surface area contributed by atoms with Gasteiger partial charge in [-0.2, -0.15) is 0 Å². The van der Waals surface area contributed by atoms with Gasteiger partial charge in [0, 0.05) is 6.42 Å². The number of amides is 1. The molecule has 3 unspecified atom stereocenters. The van der Waals surface area contributed by atoms with Crippen LogP contribution in [0.15, 0.2) is 24.3 Å². The van der Waals surface area contributed by atoms with Crippen LogP contribution in [-0.4, -0.2) is 73.4 Å². The topological polar surface area (TPSA) is 105 Å². The number of carbonyl (C=O) groups excluding carboxylic acids is 1. The Balaban J connectivity index is 3.88. The van der Waals surface area contributed by atoms with E-state index in [1.165, 1.54) is 199 Å². The second kappa shape index (κ2) is 47.1. The number of rotatable bonds is 51. The minimum absolute atomic E-state index is 0.0767. The predicted octanol–water partition coefficient (Wildman–Crippen LogP) is 16.4. The average Bonchev–Trinajstić information content (AvgIpc) is 3.25. The molecule has 0 saturated carbocycles. The Morgan fingerprint density at radius 1 is 0.531 bits per heavy atom. The van der Waals surface area contributed by atoms with Gasteiger partial charge in [0.25, 0.3) is 0 Å². The first-order valence-corrected chi connectivity index (χ1v) is 29.2. The van der Waals surface area contributed by atoms with Gasteiger partial charge in [0.15, 0.2) is 0 Å². The summed E-state index contributed by atoms with van der Waals surface area (Å²) in [7, 11) is 1.62. The number of quaternary nitrogens is 1. The highest BCUT2D eigenvalue weighted by Gasteiger charge is 2.28. The molecule has 0 aromatic rings. The van der Waals surface area contributed by atoms with Crippen molar-refractivity contribution in [2.75, 3.05) is 40.9 Å². The van der Waals surface area contributed by atoms with Crippen LogP contribution in [0.25, 0.3) is 0 Å². The average molecular weight is 926 g/mol. The minimum atomic E-state index is -4.31. The number of aliphatic hydroxyl groups is 1. The molecule has 0 aromatic heterocycles. The van der Waals surface area contributed by atoms with Crippen molar-refractivity contribution < 1.29 is 32.9 Å². The molecule has 0 aliphatic heterocycles. The Bertz CT molecular complexity index is 1090. The Morgan fingerprint density at radius 3 is 1.28 bits per heavy atom. The van der Waals surface area contributed by atoms with E-state index in [-0.39, 0.29) is 19.1 Å². The van der Waals surface area contributed by atoms with Crippen LogP contribution in [0.2, 0.25) is 0 Å². The van der Waals surface area contributed by atoms with E-state index in [4.69, 9.17) is 9.05 Å². The van der Waals surface area contributed by atoms with Gasteiger partial charge in [-0.15, -0.1) is 0 Å². The highest BCUT2D eigenvalue weighted by Crippen LogP contribution is 2.43. The predicted molar refractivity (Wildman–Crippen MR) is 277 cm³/mol. The van der Waals surface area contributed by atoms with E-state index in [0.717, 1.165) is 44.9 Å². The molecule has 0 spiro atoms. The van der Waals surface area contributed by atoms with Gasteiger partial charge < -0.3 is 19.8 Å². The van der Waals surface area contributed by atoms with Crippen LogP contribution in [0.5, 0.6) is 0 Å².